The number of halogens is 1. The van der Waals surface area contributed by atoms with Crippen LogP contribution < -0.4 is 0 Å². The molecular weight excluding hydrogens is 246 g/mol. The quantitative estimate of drug-likeness (QED) is 0.607. The Morgan fingerprint density at radius 3 is 2.56 bits per heavy atom. The van der Waals surface area contributed by atoms with Crippen LogP contribution in [-0.2, 0) is 7.05 Å². The minimum atomic E-state index is 0.251. The first-order valence-electron chi connectivity index (χ1n) is 4.61. The lowest BCUT2D eigenvalue weighted by atomic mass is 10.5. The fourth-order valence-corrected chi connectivity index (χ4v) is 2.30. The highest BCUT2D eigenvalue weighted by molar-refractivity contribution is 7.99. The largest absolute Gasteiger partial charge is 0.309 e. The minimum Gasteiger partial charge on any atom is -0.309 e. The van der Waals surface area contributed by atoms with E-state index in [2.05, 4.69) is 20.2 Å². The maximum absolute atomic E-state index is 5.78. The molecule has 0 aromatic carbocycles. The van der Waals surface area contributed by atoms with E-state index in [0.717, 1.165) is 21.7 Å². The summed E-state index contributed by atoms with van der Waals surface area (Å²) in [6.45, 7) is 3.77. The summed E-state index contributed by atoms with van der Waals surface area (Å²) < 4.78 is 1.90. The second kappa shape index (κ2) is 4.39. The van der Waals surface area contributed by atoms with E-state index in [1.54, 1.807) is 0 Å². The predicted octanol–water partition coefficient (Wildman–Crippen LogP) is 2.03. The molecule has 2 heterocycles. The summed E-state index contributed by atoms with van der Waals surface area (Å²) in [5.41, 5.74) is 0.835. The Hall–Kier alpha value is -1.14. The van der Waals surface area contributed by atoms with E-state index >= 15 is 0 Å². The Bertz CT molecular complexity index is 504. The van der Waals surface area contributed by atoms with Crippen molar-refractivity contribution in [3.8, 4) is 0 Å². The van der Waals surface area contributed by atoms with E-state index in [-0.39, 0.29) is 5.28 Å². The van der Waals surface area contributed by atoms with Crippen LogP contribution in [0.25, 0.3) is 0 Å². The zero-order valence-corrected chi connectivity index (χ0v) is 10.7. The lowest BCUT2D eigenvalue weighted by Gasteiger charge is -2.02. The van der Waals surface area contributed by atoms with Crippen LogP contribution in [0.4, 0.5) is 0 Å². The van der Waals surface area contributed by atoms with Gasteiger partial charge in [0.15, 0.2) is 5.16 Å². The summed E-state index contributed by atoms with van der Waals surface area (Å²) in [5.74, 6) is 0.861. The van der Waals surface area contributed by atoms with Crippen molar-refractivity contribution in [2.45, 2.75) is 24.0 Å². The van der Waals surface area contributed by atoms with Gasteiger partial charge in [0.05, 0.1) is 0 Å². The van der Waals surface area contributed by atoms with Crippen molar-refractivity contribution in [2.75, 3.05) is 0 Å². The molecule has 2 aromatic rings. The molecule has 0 N–H and O–H groups in total. The topological polar surface area (TPSA) is 56.5 Å². The lowest BCUT2D eigenvalue weighted by Crippen LogP contribution is -1.95. The average Bonchev–Trinajstić information content (AvgIpc) is 2.48. The van der Waals surface area contributed by atoms with E-state index in [9.17, 15) is 0 Å². The molecule has 2 aromatic heterocycles. The molecule has 0 amide bonds. The molecule has 0 aliphatic rings. The van der Waals surface area contributed by atoms with E-state index in [0.29, 0.717) is 0 Å². The maximum atomic E-state index is 5.78. The van der Waals surface area contributed by atoms with E-state index in [1.165, 1.54) is 11.8 Å². The van der Waals surface area contributed by atoms with Gasteiger partial charge in [-0.3, -0.25) is 0 Å². The molecule has 7 heteroatoms. The summed E-state index contributed by atoms with van der Waals surface area (Å²) in [6, 6.07) is 1.86. The number of hydrogen-bond acceptors (Lipinski definition) is 5. The van der Waals surface area contributed by atoms with E-state index in [4.69, 9.17) is 11.6 Å². The SMILES string of the molecule is Cc1cc(Sc2nnc(C)n2C)nc(Cl)n1. The molecule has 5 nitrogen and oxygen atoms in total. The second-order valence-electron chi connectivity index (χ2n) is 3.31. The van der Waals surface area contributed by atoms with Gasteiger partial charge in [0, 0.05) is 12.7 Å². The average molecular weight is 256 g/mol. The number of hydrogen-bond donors (Lipinski definition) is 0. The Morgan fingerprint density at radius 2 is 2.00 bits per heavy atom. The molecule has 0 atom stereocenters. The Morgan fingerprint density at radius 1 is 1.25 bits per heavy atom. The number of aromatic nitrogens is 5. The molecule has 0 radical (unpaired) electrons. The smallest absolute Gasteiger partial charge is 0.223 e. The molecular formula is C9H10ClN5S. The van der Waals surface area contributed by atoms with Gasteiger partial charge in [-0.05, 0) is 43.3 Å². The van der Waals surface area contributed by atoms with Gasteiger partial charge in [0.1, 0.15) is 10.9 Å². The van der Waals surface area contributed by atoms with Crippen molar-refractivity contribution >= 4 is 23.4 Å². The van der Waals surface area contributed by atoms with Crippen LogP contribution in [0.2, 0.25) is 5.28 Å². The minimum absolute atomic E-state index is 0.251. The van der Waals surface area contributed by atoms with Crippen LogP contribution in [-0.4, -0.2) is 24.7 Å². The third kappa shape index (κ3) is 2.33. The van der Waals surface area contributed by atoms with Crippen LogP contribution in [0, 0.1) is 13.8 Å². The van der Waals surface area contributed by atoms with Crippen LogP contribution >= 0.6 is 23.4 Å². The summed E-state index contributed by atoms with van der Waals surface area (Å²) in [4.78, 5) is 8.12. The molecule has 0 fully saturated rings. The summed E-state index contributed by atoms with van der Waals surface area (Å²) >= 11 is 7.20. The maximum Gasteiger partial charge on any atom is 0.223 e. The van der Waals surface area contributed by atoms with E-state index < -0.39 is 0 Å². The first-order chi connectivity index (χ1) is 7.56. The Balaban J connectivity index is 2.30. The molecule has 0 aliphatic heterocycles. The molecule has 84 valence electrons. The molecule has 0 unspecified atom stereocenters. The van der Waals surface area contributed by atoms with Crippen molar-refractivity contribution in [2.24, 2.45) is 7.05 Å². The number of nitrogens with zero attached hydrogens (tertiary/aromatic N) is 5. The molecule has 0 aliphatic carbocycles. The molecule has 0 spiro atoms. The zero-order chi connectivity index (χ0) is 11.7. The van der Waals surface area contributed by atoms with Crippen molar-refractivity contribution in [1.82, 2.24) is 24.7 Å². The predicted molar refractivity (Wildman–Crippen MR) is 61.6 cm³/mol. The van der Waals surface area contributed by atoms with Gasteiger partial charge >= 0.3 is 0 Å². The fourth-order valence-electron chi connectivity index (χ4n) is 1.13. The normalized spacial score (nSPS) is 10.8. The van der Waals surface area contributed by atoms with Crippen LogP contribution in [0.1, 0.15) is 11.5 Å². The Labute approximate surface area is 102 Å². The van der Waals surface area contributed by atoms with Gasteiger partial charge in [0.2, 0.25) is 5.28 Å². The van der Waals surface area contributed by atoms with Crippen LogP contribution in [0.5, 0.6) is 0 Å². The molecule has 2 rings (SSSR count). The standard InChI is InChI=1S/C9H10ClN5S/c1-5-4-7(12-8(10)11-5)16-9-14-13-6(2)15(9)3/h4H,1-3H3. The monoisotopic (exact) mass is 255 g/mol. The van der Waals surface area contributed by atoms with Crippen molar-refractivity contribution in [3.63, 3.8) is 0 Å². The van der Waals surface area contributed by atoms with Crippen molar-refractivity contribution in [1.29, 1.82) is 0 Å². The highest BCUT2D eigenvalue weighted by Crippen LogP contribution is 2.25. The van der Waals surface area contributed by atoms with Crippen molar-refractivity contribution < 1.29 is 0 Å². The van der Waals surface area contributed by atoms with Gasteiger partial charge in [-0.15, -0.1) is 10.2 Å². The molecule has 16 heavy (non-hydrogen) atoms. The molecule has 0 saturated carbocycles. The zero-order valence-electron chi connectivity index (χ0n) is 9.10. The first-order valence-corrected chi connectivity index (χ1v) is 5.81. The molecule has 0 saturated heterocycles. The van der Waals surface area contributed by atoms with E-state index in [1.807, 2.05) is 31.5 Å². The van der Waals surface area contributed by atoms with Crippen LogP contribution in [0.3, 0.4) is 0 Å². The summed E-state index contributed by atoms with van der Waals surface area (Å²) in [6.07, 6.45) is 0. The number of aryl methyl sites for hydroxylation is 2. The van der Waals surface area contributed by atoms with Crippen LogP contribution in [0.15, 0.2) is 16.2 Å². The number of rotatable bonds is 2. The van der Waals surface area contributed by atoms with Gasteiger partial charge in [-0.1, -0.05) is 0 Å². The highest BCUT2D eigenvalue weighted by atomic mass is 35.5. The lowest BCUT2D eigenvalue weighted by molar-refractivity contribution is 0.764. The van der Waals surface area contributed by atoms with Gasteiger partial charge in [-0.2, -0.15) is 0 Å². The second-order valence-corrected chi connectivity index (χ2v) is 4.63. The van der Waals surface area contributed by atoms with Crippen molar-refractivity contribution in [3.05, 3.63) is 22.9 Å². The molecule has 0 bridgehead atoms. The first kappa shape index (κ1) is 11.3. The third-order valence-electron chi connectivity index (χ3n) is 2.05. The highest BCUT2D eigenvalue weighted by Gasteiger charge is 2.09. The summed E-state index contributed by atoms with van der Waals surface area (Å²) in [5, 5.41) is 9.82. The fraction of sp³-hybridized carbons (Fsp3) is 0.333. The van der Waals surface area contributed by atoms with Gasteiger partial charge in [-0.25, -0.2) is 9.97 Å². The third-order valence-corrected chi connectivity index (χ3v) is 3.18. The van der Waals surface area contributed by atoms with Gasteiger partial charge in [0.25, 0.3) is 0 Å². The summed E-state index contributed by atoms with van der Waals surface area (Å²) in [7, 11) is 1.91. The van der Waals surface area contributed by atoms with Gasteiger partial charge < -0.3 is 4.57 Å². The Kier molecular flexibility index (Phi) is 3.11.